The minimum Gasteiger partial charge on any atom is -0.481 e. The summed E-state index contributed by atoms with van der Waals surface area (Å²) in [7, 11) is 1.72. The van der Waals surface area contributed by atoms with Crippen LogP contribution in [0.2, 0.25) is 0 Å². The first-order chi connectivity index (χ1) is 9.40. The molecule has 20 heavy (non-hydrogen) atoms. The molecule has 0 radical (unpaired) electrons. The summed E-state index contributed by atoms with van der Waals surface area (Å²) in [6.45, 7) is 2.51. The highest BCUT2D eigenvalue weighted by atomic mass is 79.9. The Labute approximate surface area is 127 Å². The maximum Gasteiger partial charge on any atom is 0.303 e. The Morgan fingerprint density at radius 2 is 2.00 bits per heavy atom. The molecule has 1 N–H and O–H groups in total. The van der Waals surface area contributed by atoms with E-state index in [9.17, 15) is 9.59 Å². The van der Waals surface area contributed by atoms with Crippen molar-refractivity contribution in [2.24, 2.45) is 0 Å². The lowest BCUT2D eigenvalue weighted by atomic mass is 10.1. The predicted octanol–water partition coefficient (Wildman–Crippen LogP) is 3.01. The first kappa shape index (κ1) is 16.7. The molecular weight excluding hydrogens is 322 g/mol. The third-order valence-electron chi connectivity index (χ3n) is 3.16. The Morgan fingerprint density at radius 3 is 2.60 bits per heavy atom. The summed E-state index contributed by atoms with van der Waals surface area (Å²) in [4.78, 5) is 23.9. The molecule has 1 amide bonds. The van der Waals surface area contributed by atoms with Gasteiger partial charge in [0.15, 0.2) is 0 Å². The van der Waals surface area contributed by atoms with E-state index in [1.807, 2.05) is 19.1 Å². The average molecular weight is 342 g/mol. The Bertz CT molecular complexity index is 488. The third kappa shape index (κ3) is 5.74. The van der Waals surface area contributed by atoms with E-state index >= 15 is 0 Å². The lowest BCUT2D eigenvalue weighted by Gasteiger charge is -2.16. The summed E-state index contributed by atoms with van der Waals surface area (Å²) < 4.78 is 1.07. The highest BCUT2D eigenvalue weighted by Crippen LogP contribution is 2.18. The van der Waals surface area contributed by atoms with Crippen LogP contribution < -0.4 is 0 Å². The van der Waals surface area contributed by atoms with Gasteiger partial charge in [-0.1, -0.05) is 28.1 Å². The highest BCUT2D eigenvalue weighted by molar-refractivity contribution is 9.10. The smallest absolute Gasteiger partial charge is 0.303 e. The number of benzene rings is 1. The standard InChI is InChI=1S/C15H20BrNO3/c1-11-10-12(5-7-13(11)16)6-8-14(18)17(2)9-3-4-15(19)20/h5,7,10H,3-4,6,8-9H2,1-2H3,(H,19,20). The summed E-state index contributed by atoms with van der Waals surface area (Å²) in [6, 6.07) is 6.07. The first-order valence-corrected chi connectivity index (χ1v) is 7.40. The van der Waals surface area contributed by atoms with Crippen LogP contribution in [-0.2, 0) is 16.0 Å². The van der Waals surface area contributed by atoms with Crippen LogP contribution in [0, 0.1) is 6.92 Å². The van der Waals surface area contributed by atoms with Crippen LogP contribution in [0.4, 0.5) is 0 Å². The molecule has 1 rings (SSSR count). The van der Waals surface area contributed by atoms with Gasteiger partial charge in [-0.05, 0) is 37.0 Å². The molecule has 4 nitrogen and oxygen atoms in total. The SMILES string of the molecule is Cc1cc(CCC(=O)N(C)CCCC(=O)O)ccc1Br. The van der Waals surface area contributed by atoms with E-state index < -0.39 is 5.97 Å². The molecule has 0 fully saturated rings. The van der Waals surface area contributed by atoms with Crippen molar-refractivity contribution in [2.45, 2.75) is 32.6 Å². The van der Waals surface area contributed by atoms with Gasteiger partial charge in [-0.2, -0.15) is 0 Å². The number of carboxylic acids is 1. The second-order valence-electron chi connectivity index (χ2n) is 4.90. The molecule has 0 spiro atoms. The van der Waals surface area contributed by atoms with Crippen molar-refractivity contribution in [3.63, 3.8) is 0 Å². The van der Waals surface area contributed by atoms with Gasteiger partial charge >= 0.3 is 5.97 Å². The van der Waals surface area contributed by atoms with E-state index in [-0.39, 0.29) is 12.3 Å². The van der Waals surface area contributed by atoms with Crippen LogP contribution in [0.25, 0.3) is 0 Å². The number of aryl methyl sites for hydroxylation is 2. The molecular formula is C15H20BrNO3. The fourth-order valence-electron chi connectivity index (χ4n) is 1.90. The molecule has 0 aliphatic carbocycles. The predicted molar refractivity (Wildman–Crippen MR) is 81.7 cm³/mol. The van der Waals surface area contributed by atoms with Crippen LogP contribution in [0.15, 0.2) is 22.7 Å². The first-order valence-electron chi connectivity index (χ1n) is 6.61. The number of carbonyl (C=O) groups is 2. The molecule has 0 bridgehead atoms. The minimum absolute atomic E-state index is 0.0518. The Hall–Kier alpha value is -1.36. The maximum atomic E-state index is 11.9. The van der Waals surface area contributed by atoms with Crippen LogP contribution in [0.3, 0.4) is 0 Å². The Kier molecular flexibility index (Phi) is 6.71. The number of carbonyl (C=O) groups excluding carboxylic acids is 1. The van der Waals surface area contributed by atoms with Crippen LogP contribution >= 0.6 is 15.9 Å². The quantitative estimate of drug-likeness (QED) is 0.829. The Morgan fingerprint density at radius 1 is 1.30 bits per heavy atom. The van der Waals surface area contributed by atoms with Gasteiger partial charge in [0.1, 0.15) is 0 Å². The van der Waals surface area contributed by atoms with Crippen molar-refractivity contribution < 1.29 is 14.7 Å². The molecule has 0 heterocycles. The number of aliphatic carboxylic acids is 1. The van der Waals surface area contributed by atoms with Crippen molar-refractivity contribution in [1.82, 2.24) is 4.90 Å². The fourth-order valence-corrected chi connectivity index (χ4v) is 2.14. The summed E-state index contributed by atoms with van der Waals surface area (Å²) in [5, 5.41) is 8.56. The number of nitrogens with zero attached hydrogens (tertiary/aromatic N) is 1. The number of hydrogen-bond donors (Lipinski definition) is 1. The summed E-state index contributed by atoms with van der Waals surface area (Å²) in [5.74, 6) is -0.771. The molecule has 0 aromatic heterocycles. The van der Waals surface area contributed by atoms with Gasteiger partial charge in [0.25, 0.3) is 0 Å². The summed E-state index contributed by atoms with van der Waals surface area (Å²) >= 11 is 3.45. The third-order valence-corrected chi connectivity index (χ3v) is 4.05. The Balaban J connectivity index is 2.38. The topological polar surface area (TPSA) is 57.6 Å². The number of halogens is 1. The molecule has 0 saturated heterocycles. The van der Waals surface area contributed by atoms with Gasteiger partial charge in [0, 0.05) is 30.9 Å². The van der Waals surface area contributed by atoms with Crippen molar-refractivity contribution in [1.29, 1.82) is 0 Å². The van der Waals surface area contributed by atoms with Crippen LogP contribution in [-0.4, -0.2) is 35.5 Å². The second kappa shape index (κ2) is 8.04. The van der Waals surface area contributed by atoms with Gasteiger partial charge in [-0.25, -0.2) is 0 Å². The molecule has 0 aliphatic heterocycles. The van der Waals surface area contributed by atoms with Crippen LogP contribution in [0.1, 0.15) is 30.4 Å². The lowest BCUT2D eigenvalue weighted by molar-refractivity contribution is -0.138. The van der Waals surface area contributed by atoms with Gasteiger partial charge in [-0.3, -0.25) is 9.59 Å². The number of carboxylic acid groups (broad SMARTS) is 1. The highest BCUT2D eigenvalue weighted by Gasteiger charge is 2.09. The second-order valence-corrected chi connectivity index (χ2v) is 5.75. The largest absolute Gasteiger partial charge is 0.481 e. The van der Waals surface area contributed by atoms with E-state index in [2.05, 4.69) is 22.0 Å². The molecule has 0 atom stereocenters. The zero-order chi connectivity index (χ0) is 15.1. The average Bonchev–Trinajstić information content (AvgIpc) is 2.39. The van der Waals surface area contributed by atoms with Crippen molar-refractivity contribution >= 4 is 27.8 Å². The summed E-state index contributed by atoms with van der Waals surface area (Å²) in [5.41, 5.74) is 2.29. The molecule has 0 unspecified atom stereocenters. The van der Waals surface area contributed by atoms with E-state index in [1.165, 1.54) is 0 Å². The molecule has 1 aromatic carbocycles. The number of hydrogen-bond acceptors (Lipinski definition) is 2. The molecule has 0 aliphatic rings. The van der Waals surface area contributed by atoms with E-state index in [0.29, 0.717) is 25.8 Å². The lowest BCUT2D eigenvalue weighted by Crippen LogP contribution is -2.28. The zero-order valence-corrected chi connectivity index (χ0v) is 13.4. The van der Waals surface area contributed by atoms with Crippen molar-refractivity contribution in [3.05, 3.63) is 33.8 Å². The molecule has 110 valence electrons. The minimum atomic E-state index is -0.823. The monoisotopic (exact) mass is 341 g/mol. The number of rotatable bonds is 7. The zero-order valence-electron chi connectivity index (χ0n) is 11.9. The van der Waals surface area contributed by atoms with Gasteiger partial charge in [-0.15, -0.1) is 0 Å². The normalized spacial score (nSPS) is 10.3. The summed E-state index contributed by atoms with van der Waals surface area (Å²) in [6.07, 6.45) is 1.75. The van der Waals surface area contributed by atoms with Crippen molar-refractivity contribution in [2.75, 3.05) is 13.6 Å². The molecule has 5 heteroatoms. The van der Waals surface area contributed by atoms with E-state index in [4.69, 9.17) is 5.11 Å². The van der Waals surface area contributed by atoms with Gasteiger partial charge in [0.2, 0.25) is 5.91 Å². The van der Waals surface area contributed by atoms with E-state index in [0.717, 1.165) is 15.6 Å². The van der Waals surface area contributed by atoms with Crippen molar-refractivity contribution in [3.8, 4) is 0 Å². The molecule has 0 saturated carbocycles. The van der Waals surface area contributed by atoms with Gasteiger partial charge < -0.3 is 10.0 Å². The van der Waals surface area contributed by atoms with Gasteiger partial charge in [0.05, 0.1) is 0 Å². The molecule has 1 aromatic rings. The maximum absolute atomic E-state index is 11.9. The number of amides is 1. The van der Waals surface area contributed by atoms with E-state index in [1.54, 1.807) is 11.9 Å². The van der Waals surface area contributed by atoms with Crippen LogP contribution in [0.5, 0.6) is 0 Å². The fraction of sp³-hybridized carbons (Fsp3) is 0.467.